The molecule has 36 heavy (non-hydrogen) atoms. The van der Waals surface area contributed by atoms with Gasteiger partial charge in [0.2, 0.25) is 0 Å². The van der Waals surface area contributed by atoms with E-state index in [4.69, 9.17) is 18.6 Å². The lowest BCUT2D eigenvalue weighted by molar-refractivity contribution is -0.261. The number of carbonyl (C=O) groups excluding carboxylic acids is 1. The van der Waals surface area contributed by atoms with Crippen LogP contribution in [0.4, 0.5) is 0 Å². The number of carbonyl (C=O) groups is 1. The predicted octanol–water partition coefficient (Wildman–Crippen LogP) is 7.86. The number of ether oxygens (including phenoxy) is 3. The van der Waals surface area contributed by atoms with Crippen LogP contribution in [0.25, 0.3) is 0 Å². The lowest BCUT2D eigenvalue weighted by Crippen LogP contribution is -2.62. The normalized spacial score (nSPS) is 26.6. The van der Waals surface area contributed by atoms with Crippen molar-refractivity contribution in [1.82, 2.24) is 0 Å². The highest BCUT2D eigenvalue weighted by Gasteiger charge is 2.51. The van der Waals surface area contributed by atoms with E-state index in [0.717, 1.165) is 12.8 Å². The molecule has 0 aromatic heterocycles. The standard InChI is InChI=1S/C29H45IO5Si/c1-11-29(8,19-15-16-20(2)3)34-27-23(30)25(35-36(9,10)28(5,6)7)24(21(4)32-27)33-26(31)22-17-13-12-14-18-22/h11-14,16-18,21,23-25,27H,1,15,19H2,2-10H3/t21-,23+,24-,25-,27-,29-/m1/s1. The molecule has 1 aliphatic heterocycles. The number of alkyl halides is 1. The van der Waals surface area contributed by atoms with Gasteiger partial charge in [0.15, 0.2) is 20.7 Å². The highest BCUT2D eigenvalue weighted by Crippen LogP contribution is 2.42. The van der Waals surface area contributed by atoms with E-state index < -0.39 is 32.4 Å². The van der Waals surface area contributed by atoms with Gasteiger partial charge in [-0.15, -0.1) is 6.58 Å². The first-order valence-electron chi connectivity index (χ1n) is 12.8. The molecule has 1 saturated heterocycles. The monoisotopic (exact) mass is 628 g/mol. The Morgan fingerprint density at radius 3 is 2.28 bits per heavy atom. The van der Waals surface area contributed by atoms with Crippen LogP contribution in [0.1, 0.15) is 71.7 Å². The first kappa shape index (κ1) is 31.2. The number of benzene rings is 1. The zero-order chi connectivity index (χ0) is 27.3. The van der Waals surface area contributed by atoms with Gasteiger partial charge in [-0.2, -0.15) is 0 Å². The molecule has 1 aliphatic rings. The molecule has 0 saturated carbocycles. The van der Waals surface area contributed by atoms with Gasteiger partial charge in [-0.1, -0.05) is 79.3 Å². The maximum atomic E-state index is 13.0. The molecule has 1 aromatic carbocycles. The maximum Gasteiger partial charge on any atom is 0.338 e. The Kier molecular flexibility index (Phi) is 11.0. The van der Waals surface area contributed by atoms with Crippen LogP contribution in [0.2, 0.25) is 18.1 Å². The van der Waals surface area contributed by atoms with E-state index in [1.54, 1.807) is 12.1 Å². The van der Waals surface area contributed by atoms with Crippen LogP contribution in [-0.2, 0) is 18.6 Å². The van der Waals surface area contributed by atoms with Crippen LogP contribution in [0, 0.1) is 0 Å². The van der Waals surface area contributed by atoms with E-state index in [9.17, 15) is 4.79 Å². The van der Waals surface area contributed by atoms with E-state index in [1.807, 2.05) is 38.1 Å². The van der Waals surface area contributed by atoms with Crippen molar-refractivity contribution in [1.29, 1.82) is 0 Å². The van der Waals surface area contributed by atoms with Crippen molar-refractivity contribution in [3.05, 3.63) is 60.2 Å². The highest BCUT2D eigenvalue weighted by molar-refractivity contribution is 14.1. The third-order valence-electron chi connectivity index (χ3n) is 7.21. The van der Waals surface area contributed by atoms with Crippen molar-refractivity contribution in [2.75, 3.05) is 0 Å². The average molecular weight is 629 g/mol. The average Bonchev–Trinajstić information content (AvgIpc) is 2.78. The second-order valence-electron chi connectivity index (χ2n) is 11.7. The van der Waals surface area contributed by atoms with Gasteiger partial charge in [0.25, 0.3) is 0 Å². The number of esters is 1. The second kappa shape index (κ2) is 12.7. The van der Waals surface area contributed by atoms with E-state index in [-0.39, 0.29) is 21.0 Å². The summed E-state index contributed by atoms with van der Waals surface area (Å²) in [7, 11) is -2.20. The SMILES string of the molecule is C=C[C@](C)(CCC=C(C)C)O[C@H]1O[C@H](C)[C@@H](OC(=O)c2ccccc2)[C@H](O[Si](C)(C)C(C)(C)C)[C@@H]1I. The largest absolute Gasteiger partial charge is 0.453 e. The number of hydrogen-bond acceptors (Lipinski definition) is 5. The van der Waals surface area contributed by atoms with Crippen LogP contribution in [0.5, 0.6) is 0 Å². The van der Waals surface area contributed by atoms with Gasteiger partial charge in [0.05, 0.1) is 21.2 Å². The fraction of sp³-hybridized carbons (Fsp3) is 0.621. The summed E-state index contributed by atoms with van der Waals surface area (Å²) < 4.78 is 25.8. The molecule has 202 valence electrons. The fourth-order valence-electron chi connectivity index (χ4n) is 3.76. The van der Waals surface area contributed by atoms with Crippen molar-refractivity contribution in [3.8, 4) is 0 Å². The van der Waals surface area contributed by atoms with Gasteiger partial charge < -0.3 is 18.6 Å². The molecule has 5 nitrogen and oxygen atoms in total. The van der Waals surface area contributed by atoms with Crippen molar-refractivity contribution in [2.24, 2.45) is 0 Å². The summed E-state index contributed by atoms with van der Waals surface area (Å²) in [6.45, 7) is 23.3. The topological polar surface area (TPSA) is 54.0 Å². The van der Waals surface area contributed by atoms with Gasteiger partial charge in [-0.3, -0.25) is 0 Å². The molecule has 0 amide bonds. The van der Waals surface area contributed by atoms with Crippen molar-refractivity contribution >= 4 is 36.9 Å². The molecule has 0 N–H and O–H groups in total. The fourth-order valence-corrected chi connectivity index (χ4v) is 6.22. The zero-order valence-electron chi connectivity index (χ0n) is 23.5. The summed E-state index contributed by atoms with van der Waals surface area (Å²) in [6, 6.07) is 9.06. The van der Waals surface area contributed by atoms with E-state index >= 15 is 0 Å². The minimum atomic E-state index is -2.20. The minimum absolute atomic E-state index is 0.00474. The lowest BCUT2D eigenvalue weighted by atomic mass is 9.98. The summed E-state index contributed by atoms with van der Waals surface area (Å²) in [5.41, 5.74) is 1.23. The van der Waals surface area contributed by atoms with Crippen LogP contribution < -0.4 is 0 Å². The second-order valence-corrected chi connectivity index (χ2v) is 17.9. The van der Waals surface area contributed by atoms with Crippen LogP contribution in [-0.4, -0.2) is 48.4 Å². The number of rotatable bonds is 10. The summed E-state index contributed by atoms with van der Waals surface area (Å²) in [5.74, 6) is -0.375. The van der Waals surface area contributed by atoms with Crippen LogP contribution in [0.3, 0.4) is 0 Å². The summed E-state index contributed by atoms with van der Waals surface area (Å²) in [4.78, 5) is 13.0. The Hall–Kier alpha value is -1.00. The van der Waals surface area contributed by atoms with Crippen LogP contribution in [0.15, 0.2) is 54.6 Å². The Labute approximate surface area is 233 Å². The summed E-state index contributed by atoms with van der Waals surface area (Å²) in [6.07, 6.45) is 3.87. The lowest BCUT2D eigenvalue weighted by Gasteiger charge is -2.49. The summed E-state index contributed by atoms with van der Waals surface area (Å²) in [5, 5.41) is -0.00474. The van der Waals surface area contributed by atoms with E-state index in [0.29, 0.717) is 5.56 Å². The molecule has 1 aromatic rings. The first-order valence-corrected chi connectivity index (χ1v) is 16.9. The molecule has 7 heteroatoms. The van der Waals surface area contributed by atoms with Gasteiger partial charge in [-0.05, 0) is 70.8 Å². The smallest absolute Gasteiger partial charge is 0.338 e. The van der Waals surface area contributed by atoms with Gasteiger partial charge in [0.1, 0.15) is 6.10 Å². The first-order chi connectivity index (χ1) is 16.6. The Morgan fingerprint density at radius 1 is 1.14 bits per heavy atom. The number of hydrogen-bond donors (Lipinski definition) is 0. The molecular formula is C29H45IO5Si. The van der Waals surface area contributed by atoms with Crippen molar-refractivity contribution < 1.29 is 23.4 Å². The zero-order valence-corrected chi connectivity index (χ0v) is 26.6. The van der Waals surface area contributed by atoms with Crippen LogP contribution >= 0.6 is 22.6 Å². The molecular weight excluding hydrogens is 583 g/mol. The molecule has 1 heterocycles. The van der Waals surface area contributed by atoms with E-state index in [1.165, 1.54) is 5.57 Å². The third-order valence-corrected chi connectivity index (χ3v) is 13.0. The summed E-state index contributed by atoms with van der Waals surface area (Å²) >= 11 is 2.35. The molecule has 1 fully saturated rings. The molecule has 0 unspecified atom stereocenters. The van der Waals surface area contributed by atoms with E-state index in [2.05, 4.69) is 83.0 Å². The molecule has 2 rings (SSSR count). The molecule has 0 spiro atoms. The predicted molar refractivity (Wildman–Crippen MR) is 158 cm³/mol. The van der Waals surface area contributed by atoms with Crippen molar-refractivity contribution in [2.45, 2.75) is 114 Å². The Morgan fingerprint density at radius 2 is 1.75 bits per heavy atom. The third kappa shape index (κ3) is 8.25. The van der Waals surface area contributed by atoms with Gasteiger partial charge in [0, 0.05) is 0 Å². The number of allylic oxidation sites excluding steroid dienone is 2. The quantitative estimate of drug-likeness (QED) is 0.0869. The van der Waals surface area contributed by atoms with Crippen molar-refractivity contribution in [3.63, 3.8) is 0 Å². The molecule has 0 bridgehead atoms. The Balaban J connectivity index is 2.33. The molecule has 6 atom stereocenters. The molecule has 0 aliphatic carbocycles. The minimum Gasteiger partial charge on any atom is -0.453 e. The number of halogens is 1. The van der Waals surface area contributed by atoms with Gasteiger partial charge >= 0.3 is 5.97 Å². The maximum absolute atomic E-state index is 13.0. The van der Waals surface area contributed by atoms with Gasteiger partial charge in [-0.25, -0.2) is 4.79 Å². The Bertz CT molecular complexity index is 906. The molecule has 0 radical (unpaired) electrons. The highest BCUT2D eigenvalue weighted by atomic mass is 127.